The molecule has 1 aliphatic heterocycles. The minimum absolute atomic E-state index is 0.0187. The molecule has 19 heavy (non-hydrogen) atoms. The van der Waals surface area contributed by atoms with Crippen LogP contribution < -0.4 is 5.32 Å². The van der Waals surface area contributed by atoms with Crippen LogP contribution in [0.15, 0.2) is 0 Å². The van der Waals surface area contributed by atoms with Crippen LogP contribution >= 0.6 is 0 Å². The van der Waals surface area contributed by atoms with E-state index in [1.54, 1.807) is 0 Å². The van der Waals surface area contributed by atoms with E-state index < -0.39 is 5.54 Å². The van der Waals surface area contributed by atoms with E-state index in [0.717, 1.165) is 25.2 Å². The third-order valence-corrected chi connectivity index (χ3v) is 4.96. The van der Waals surface area contributed by atoms with Gasteiger partial charge in [0.2, 0.25) is 11.8 Å². The van der Waals surface area contributed by atoms with Gasteiger partial charge in [-0.15, -0.1) is 0 Å². The Hall–Kier alpha value is -1.06. The van der Waals surface area contributed by atoms with Crippen molar-refractivity contribution in [2.45, 2.75) is 65.0 Å². The highest BCUT2D eigenvalue weighted by Crippen LogP contribution is 2.34. The number of piperazine rings is 1. The number of nitrogens with zero attached hydrogens (tertiary/aromatic N) is 1. The third kappa shape index (κ3) is 2.63. The molecule has 1 aliphatic carbocycles. The lowest BCUT2D eigenvalue weighted by Crippen LogP contribution is -2.67. The first kappa shape index (κ1) is 14.4. The fourth-order valence-corrected chi connectivity index (χ4v) is 3.56. The van der Waals surface area contributed by atoms with Gasteiger partial charge in [0.25, 0.3) is 0 Å². The van der Waals surface area contributed by atoms with Gasteiger partial charge < -0.3 is 10.2 Å². The summed E-state index contributed by atoms with van der Waals surface area (Å²) >= 11 is 0. The molecule has 0 aromatic carbocycles. The summed E-state index contributed by atoms with van der Waals surface area (Å²) < 4.78 is 0. The zero-order valence-corrected chi connectivity index (χ0v) is 12.5. The highest BCUT2D eigenvalue weighted by atomic mass is 16.2. The first-order valence-corrected chi connectivity index (χ1v) is 7.49. The highest BCUT2D eigenvalue weighted by Gasteiger charge is 2.45. The molecule has 108 valence electrons. The van der Waals surface area contributed by atoms with Crippen molar-refractivity contribution in [1.82, 2.24) is 10.2 Å². The van der Waals surface area contributed by atoms with Crippen LogP contribution in [-0.2, 0) is 9.59 Å². The lowest BCUT2D eigenvalue weighted by atomic mass is 9.78. The van der Waals surface area contributed by atoms with Crippen molar-refractivity contribution in [3.63, 3.8) is 0 Å². The van der Waals surface area contributed by atoms with E-state index in [0.29, 0.717) is 12.3 Å². The predicted octanol–water partition coefficient (Wildman–Crippen LogP) is 1.94. The lowest BCUT2D eigenvalue weighted by Gasteiger charge is -2.46. The van der Waals surface area contributed by atoms with Gasteiger partial charge in [0.15, 0.2) is 0 Å². The summed E-state index contributed by atoms with van der Waals surface area (Å²) in [6.07, 6.45) is 3.98. The van der Waals surface area contributed by atoms with Crippen molar-refractivity contribution in [2.75, 3.05) is 6.54 Å². The maximum Gasteiger partial charge on any atom is 0.248 e. The molecule has 4 unspecified atom stereocenters. The minimum Gasteiger partial charge on any atom is -0.340 e. The van der Waals surface area contributed by atoms with E-state index >= 15 is 0 Å². The number of amides is 2. The number of hydrogen-bond donors (Lipinski definition) is 1. The molecular weight excluding hydrogens is 240 g/mol. The van der Waals surface area contributed by atoms with Crippen LogP contribution in [0.2, 0.25) is 0 Å². The molecule has 1 N–H and O–H groups in total. The van der Waals surface area contributed by atoms with Crippen LogP contribution in [-0.4, -0.2) is 34.8 Å². The Morgan fingerprint density at radius 1 is 1.32 bits per heavy atom. The fraction of sp³-hybridized carbons (Fsp3) is 0.867. The van der Waals surface area contributed by atoms with E-state index in [4.69, 9.17) is 0 Å². The number of nitrogens with one attached hydrogen (secondary N) is 1. The van der Waals surface area contributed by atoms with Crippen molar-refractivity contribution >= 4 is 11.8 Å². The van der Waals surface area contributed by atoms with Gasteiger partial charge in [0, 0.05) is 6.04 Å². The van der Waals surface area contributed by atoms with Gasteiger partial charge in [0.1, 0.15) is 5.54 Å². The molecule has 1 heterocycles. The number of carbonyl (C=O) groups is 2. The molecule has 0 aromatic rings. The Morgan fingerprint density at radius 2 is 2.00 bits per heavy atom. The van der Waals surface area contributed by atoms with Gasteiger partial charge in [-0.05, 0) is 44.4 Å². The van der Waals surface area contributed by atoms with Gasteiger partial charge in [0.05, 0.1) is 6.54 Å². The van der Waals surface area contributed by atoms with Crippen LogP contribution in [0.4, 0.5) is 0 Å². The van der Waals surface area contributed by atoms with Gasteiger partial charge >= 0.3 is 0 Å². The minimum atomic E-state index is -0.710. The second kappa shape index (κ2) is 5.14. The maximum atomic E-state index is 12.7. The molecule has 2 fully saturated rings. The van der Waals surface area contributed by atoms with E-state index in [2.05, 4.69) is 19.2 Å². The molecule has 1 saturated carbocycles. The fourth-order valence-electron chi connectivity index (χ4n) is 3.56. The number of carbonyl (C=O) groups excluding carboxylic acids is 2. The summed E-state index contributed by atoms with van der Waals surface area (Å²) in [6, 6.07) is 0.237. The SMILES string of the molecule is CCC1(C)NC(=O)CN(C2CCC(C)CC2C)C1=O. The Morgan fingerprint density at radius 3 is 2.58 bits per heavy atom. The molecule has 4 heteroatoms. The van der Waals surface area contributed by atoms with Gasteiger partial charge in [-0.25, -0.2) is 0 Å². The monoisotopic (exact) mass is 266 g/mol. The summed E-state index contributed by atoms with van der Waals surface area (Å²) in [6.45, 7) is 8.51. The van der Waals surface area contributed by atoms with Gasteiger partial charge in [-0.3, -0.25) is 9.59 Å². The largest absolute Gasteiger partial charge is 0.340 e. The highest BCUT2D eigenvalue weighted by molar-refractivity contribution is 5.97. The summed E-state index contributed by atoms with van der Waals surface area (Å²) in [5.41, 5.74) is -0.710. The normalized spacial score (nSPS) is 40.2. The smallest absolute Gasteiger partial charge is 0.248 e. The van der Waals surface area contributed by atoms with E-state index in [-0.39, 0.29) is 24.4 Å². The average molecular weight is 266 g/mol. The zero-order valence-electron chi connectivity index (χ0n) is 12.5. The van der Waals surface area contributed by atoms with Crippen LogP contribution in [0.5, 0.6) is 0 Å². The van der Waals surface area contributed by atoms with E-state index in [1.807, 2.05) is 18.7 Å². The van der Waals surface area contributed by atoms with Gasteiger partial charge in [-0.1, -0.05) is 20.8 Å². The molecule has 0 spiro atoms. The molecule has 2 amide bonds. The van der Waals surface area contributed by atoms with E-state index in [1.165, 1.54) is 0 Å². The molecule has 0 bridgehead atoms. The summed E-state index contributed by atoms with van der Waals surface area (Å²) in [5, 5.41) is 2.85. The maximum absolute atomic E-state index is 12.7. The number of hydrogen-bond acceptors (Lipinski definition) is 2. The average Bonchev–Trinajstić information content (AvgIpc) is 2.34. The Balaban J connectivity index is 2.18. The molecule has 4 atom stereocenters. The molecule has 0 aromatic heterocycles. The van der Waals surface area contributed by atoms with E-state index in [9.17, 15) is 9.59 Å². The predicted molar refractivity (Wildman–Crippen MR) is 74.5 cm³/mol. The van der Waals surface area contributed by atoms with Crippen LogP contribution in [0, 0.1) is 11.8 Å². The molecule has 0 radical (unpaired) electrons. The van der Waals surface area contributed by atoms with Crippen molar-refractivity contribution < 1.29 is 9.59 Å². The summed E-state index contributed by atoms with van der Waals surface area (Å²) in [4.78, 5) is 26.4. The Kier molecular flexibility index (Phi) is 3.88. The Bertz CT molecular complexity index is 382. The third-order valence-electron chi connectivity index (χ3n) is 4.96. The first-order valence-electron chi connectivity index (χ1n) is 7.49. The van der Waals surface area contributed by atoms with Crippen molar-refractivity contribution in [2.24, 2.45) is 11.8 Å². The van der Waals surface area contributed by atoms with Crippen molar-refractivity contribution in [1.29, 1.82) is 0 Å². The quantitative estimate of drug-likeness (QED) is 0.830. The molecular formula is C15H26N2O2. The molecule has 1 saturated heterocycles. The lowest BCUT2D eigenvalue weighted by molar-refractivity contribution is -0.153. The second-order valence-electron chi connectivity index (χ2n) is 6.63. The molecule has 2 rings (SSSR count). The second-order valence-corrected chi connectivity index (χ2v) is 6.63. The van der Waals surface area contributed by atoms with Crippen molar-refractivity contribution in [3.8, 4) is 0 Å². The van der Waals surface area contributed by atoms with Crippen LogP contribution in [0.3, 0.4) is 0 Å². The Labute approximate surface area is 115 Å². The van der Waals surface area contributed by atoms with Crippen molar-refractivity contribution in [3.05, 3.63) is 0 Å². The zero-order chi connectivity index (χ0) is 14.2. The molecule has 2 aliphatic rings. The standard InChI is InChI=1S/C15H26N2O2/c1-5-15(4)14(19)17(9-13(18)16-15)12-7-6-10(2)8-11(12)3/h10-12H,5-9H2,1-4H3,(H,16,18). The molecule has 4 nitrogen and oxygen atoms in total. The number of rotatable bonds is 2. The summed E-state index contributed by atoms with van der Waals surface area (Å²) in [7, 11) is 0. The van der Waals surface area contributed by atoms with Crippen LogP contribution in [0.25, 0.3) is 0 Å². The first-order chi connectivity index (χ1) is 8.87. The van der Waals surface area contributed by atoms with Crippen LogP contribution in [0.1, 0.15) is 53.4 Å². The summed E-state index contributed by atoms with van der Waals surface area (Å²) in [5.74, 6) is 1.30. The van der Waals surface area contributed by atoms with Gasteiger partial charge in [-0.2, -0.15) is 0 Å². The topological polar surface area (TPSA) is 49.4 Å².